The van der Waals surface area contributed by atoms with Gasteiger partial charge in [0.05, 0.1) is 17.6 Å². The van der Waals surface area contributed by atoms with E-state index >= 15 is 0 Å². The number of hydrogen-bond donors (Lipinski definition) is 1. The van der Waals surface area contributed by atoms with E-state index in [0.717, 1.165) is 16.8 Å². The minimum Gasteiger partial charge on any atom is -0.492 e. The monoisotopic (exact) mass is 307 g/mol. The van der Waals surface area contributed by atoms with Gasteiger partial charge in [0, 0.05) is 6.54 Å². The lowest BCUT2D eigenvalue weighted by molar-refractivity contribution is 0.296. The van der Waals surface area contributed by atoms with E-state index in [9.17, 15) is 0 Å². The summed E-state index contributed by atoms with van der Waals surface area (Å²) >= 11 is 0. The Hall–Kier alpha value is -2.75. The molecule has 1 N–H and O–H groups in total. The molecule has 1 heterocycles. The quantitative estimate of drug-likeness (QED) is 0.696. The topological polar surface area (TPSA) is 42.9 Å². The molecule has 0 aliphatic heterocycles. The maximum Gasteiger partial charge on any atom is 0.203 e. The average molecular weight is 307 g/mol. The molecule has 3 aromatic rings. The number of allylic oxidation sites excluding steroid dienone is 1. The third-order valence-corrected chi connectivity index (χ3v) is 3.89. The van der Waals surface area contributed by atoms with Crippen molar-refractivity contribution in [2.24, 2.45) is 0 Å². The fourth-order valence-corrected chi connectivity index (χ4v) is 2.72. The molecule has 0 fully saturated rings. The Labute approximate surface area is 135 Å². The molecule has 0 aliphatic rings. The van der Waals surface area contributed by atoms with Crippen LogP contribution in [0.5, 0.6) is 5.75 Å². The molecule has 0 amide bonds. The van der Waals surface area contributed by atoms with Gasteiger partial charge in [-0.25, -0.2) is 0 Å². The second kappa shape index (κ2) is 6.57. The Kier molecular flexibility index (Phi) is 4.33. The Morgan fingerprint density at radius 2 is 1.70 bits per heavy atom. The first-order chi connectivity index (χ1) is 11.2. The number of benzene rings is 2. The highest BCUT2D eigenvalue weighted by atomic mass is 16.5. The number of rotatable bonds is 6. The predicted molar refractivity (Wildman–Crippen MR) is 92.7 cm³/mol. The molecule has 4 heteroatoms. The summed E-state index contributed by atoms with van der Waals surface area (Å²) in [6, 6.07) is 16.1. The number of fused-ring (bicyclic) bond motifs is 1. The van der Waals surface area contributed by atoms with Gasteiger partial charge in [0.2, 0.25) is 5.62 Å². The Balaban J connectivity index is 1.82. The first-order valence-electron chi connectivity index (χ1n) is 7.73. The van der Waals surface area contributed by atoms with Gasteiger partial charge in [-0.1, -0.05) is 35.9 Å². The molecule has 0 bridgehead atoms. The Morgan fingerprint density at radius 1 is 1.04 bits per heavy atom. The summed E-state index contributed by atoms with van der Waals surface area (Å²) in [5.41, 5.74) is 3.78. The maximum absolute atomic E-state index is 8.41. The molecule has 118 valence electrons. The van der Waals surface area contributed by atoms with Crippen LogP contribution in [0.15, 0.2) is 61.2 Å². The highest BCUT2D eigenvalue weighted by molar-refractivity contribution is 5.75. The zero-order valence-electron chi connectivity index (χ0n) is 13.3. The first-order valence-corrected chi connectivity index (χ1v) is 7.73. The second-order valence-electron chi connectivity index (χ2n) is 5.52. The summed E-state index contributed by atoms with van der Waals surface area (Å²) in [7, 11) is 0. The van der Waals surface area contributed by atoms with Crippen molar-refractivity contribution >= 4 is 11.0 Å². The molecule has 0 saturated heterocycles. The number of imidazole rings is 1. The van der Waals surface area contributed by atoms with Crippen molar-refractivity contribution in [3.63, 3.8) is 0 Å². The van der Waals surface area contributed by atoms with Crippen molar-refractivity contribution < 1.29 is 4.74 Å². The third-order valence-electron chi connectivity index (χ3n) is 3.89. The normalized spacial score (nSPS) is 10.8. The van der Waals surface area contributed by atoms with Gasteiger partial charge in [0.1, 0.15) is 12.4 Å². The number of para-hydroxylation sites is 2. The van der Waals surface area contributed by atoms with Crippen molar-refractivity contribution in [2.45, 2.75) is 20.0 Å². The Bertz CT molecular complexity index is 872. The summed E-state index contributed by atoms with van der Waals surface area (Å²) in [6.45, 7) is 7.64. The molecule has 3 rings (SSSR count). The van der Waals surface area contributed by atoms with Crippen LogP contribution in [-0.4, -0.2) is 15.7 Å². The molecule has 4 nitrogen and oxygen atoms in total. The largest absolute Gasteiger partial charge is 0.492 e. The van der Waals surface area contributed by atoms with Crippen molar-refractivity contribution in [3.05, 3.63) is 72.4 Å². The second-order valence-corrected chi connectivity index (χ2v) is 5.52. The fraction of sp³-hybridized carbons (Fsp3) is 0.211. The lowest BCUT2D eigenvalue weighted by atomic mass is 10.2. The summed E-state index contributed by atoms with van der Waals surface area (Å²) in [4.78, 5) is 0. The molecule has 0 radical (unpaired) electrons. The van der Waals surface area contributed by atoms with Gasteiger partial charge in [-0.2, -0.15) is 0 Å². The van der Waals surface area contributed by atoms with E-state index in [1.54, 1.807) is 0 Å². The van der Waals surface area contributed by atoms with Gasteiger partial charge in [-0.05, 0) is 31.2 Å². The predicted octanol–water partition coefficient (Wildman–Crippen LogP) is 3.50. The van der Waals surface area contributed by atoms with Crippen molar-refractivity contribution in [3.8, 4) is 5.75 Å². The van der Waals surface area contributed by atoms with Crippen LogP contribution in [0.4, 0.5) is 0 Å². The zero-order chi connectivity index (χ0) is 16.2. The van der Waals surface area contributed by atoms with E-state index in [0.29, 0.717) is 25.3 Å². The first kappa shape index (κ1) is 15.2. The third kappa shape index (κ3) is 3.06. The lowest BCUT2D eigenvalue weighted by Gasteiger charge is -2.08. The number of aromatic nitrogens is 2. The minimum atomic E-state index is 0.471. The lowest BCUT2D eigenvalue weighted by Crippen LogP contribution is -2.26. The van der Waals surface area contributed by atoms with Crippen LogP contribution in [0.1, 0.15) is 5.56 Å². The molecule has 2 aromatic carbocycles. The molecule has 23 heavy (non-hydrogen) atoms. The molecular weight excluding hydrogens is 286 g/mol. The SMILES string of the molecule is C=CCn1c(=N)n(CCOc2ccc(C)cc2)c2ccccc21. The molecule has 0 aliphatic carbocycles. The van der Waals surface area contributed by atoms with Gasteiger partial charge in [0.15, 0.2) is 0 Å². The van der Waals surface area contributed by atoms with E-state index < -0.39 is 0 Å². The van der Waals surface area contributed by atoms with Crippen molar-refractivity contribution in [1.29, 1.82) is 5.41 Å². The van der Waals surface area contributed by atoms with E-state index in [1.807, 2.05) is 63.7 Å². The van der Waals surface area contributed by atoms with Crippen molar-refractivity contribution in [1.82, 2.24) is 9.13 Å². The smallest absolute Gasteiger partial charge is 0.203 e. The minimum absolute atomic E-state index is 0.471. The fourth-order valence-electron chi connectivity index (χ4n) is 2.72. The number of ether oxygens (including phenoxy) is 1. The summed E-state index contributed by atoms with van der Waals surface area (Å²) < 4.78 is 9.74. The highest BCUT2D eigenvalue weighted by Gasteiger charge is 2.09. The average Bonchev–Trinajstić information content (AvgIpc) is 2.83. The van der Waals surface area contributed by atoms with Crippen LogP contribution in [-0.2, 0) is 13.1 Å². The molecular formula is C19H21N3O. The van der Waals surface area contributed by atoms with Gasteiger partial charge in [-0.15, -0.1) is 6.58 Å². The highest BCUT2D eigenvalue weighted by Crippen LogP contribution is 2.14. The van der Waals surface area contributed by atoms with Crippen LogP contribution in [0.25, 0.3) is 11.0 Å². The van der Waals surface area contributed by atoms with E-state index in [1.165, 1.54) is 5.56 Å². The molecule has 0 unspecified atom stereocenters. The van der Waals surface area contributed by atoms with Crippen LogP contribution in [0.3, 0.4) is 0 Å². The van der Waals surface area contributed by atoms with Gasteiger partial charge >= 0.3 is 0 Å². The van der Waals surface area contributed by atoms with Crippen LogP contribution < -0.4 is 10.4 Å². The van der Waals surface area contributed by atoms with E-state index in [-0.39, 0.29) is 0 Å². The maximum atomic E-state index is 8.41. The molecule has 0 spiro atoms. The Morgan fingerprint density at radius 3 is 2.35 bits per heavy atom. The number of aryl methyl sites for hydroxylation is 1. The standard InChI is InChI=1S/C19H21N3O/c1-3-12-21-17-6-4-5-7-18(17)22(19(21)20)13-14-23-16-10-8-15(2)9-11-16/h3-11,20H,1,12-14H2,2H3. The number of nitrogens with one attached hydrogen (secondary N) is 1. The van der Waals surface area contributed by atoms with Gasteiger partial charge < -0.3 is 13.9 Å². The summed E-state index contributed by atoms with van der Waals surface area (Å²) in [5, 5.41) is 8.41. The van der Waals surface area contributed by atoms with Crippen LogP contribution >= 0.6 is 0 Å². The molecule has 0 saturated carbocycles. The van der Waals surface area contributed by atoms with Gasteiger partial charge in [0.25, 0.3) is 0 Å². The number of hydrogen-bond acceptors (Lipinski definition) is 2. The molecule has 0 atom stereocenters. The zero-order valence-corrected chi connectivity index (χ0v) is 13.3. The van der Waals surface area contributed by atoms with E-state index in [4.69, 9.17) is 10.1 Å². The van der Waals surface area contributed by atoms with Crippen LogP contribution in [0.2, 0.25) is 0 Å². The van der Waals surface area contributed by atoms with Crippen molar-refractivity contribution in [2.75, 3.05) is 6.61 Å². The van der Waals surface area contributed by atoms with E-state index in [2.05, 4.69) is 13.5 Å². The summed E-state index contributed by atoms with van der Waals surface area (Å²) in [6.07, 6.45) is 1.82. The van der Waals surface area contributed by atoms with Crippen LogP contribution in [0, 0.1) is 12.3 Å². The molecule has 1 aromatic heterocycles. The number of nitrogens with zero attached hydrogens (tertiary/aromatic N) is 2. The van der Waals surface area contributed by atoms with Gasteiger partial charge in [-0.3, -0.25) is 5.41 Å². The summed E-state index contributed by atoms with van der Waals surface area (Å²) in [5.74, 6) is 0.859.